The number of ether oxygens (including phenoxy) is 1. The van der Waals surface area contributed by atoms with Crippen LogP contribution in [0.15, 0.2) is 48.7 Å². The third-order valence-electron chi connectivity index (χ3n) is 5.89. The van der Waals surface area contributed by atoms with Crippen LogP contribution in [-0.2, 0) is 17.6 Å². The van der Waals surface area contributed by atoms with Gasteiger partial charge in [-0.05, 0) is 78.8 Å². The molecule has 0 radical (unpaired) electrons. The smallest absolute Gasteiger partial charge is 0.267 e. The Morgan fingerprint density at radius 1 is 1.30 bits per heavy atom. The molecule has 3 aromatic rings. The summed E-state index contributed by atoms with van der Waals surface area (Å²) in [5, 5.41) is 13.6. The predicted octanol–water partition coefficient (Wildman–Crippen LogP) is 3.90. The van der Waals surface area contributed by atoms with Crippen molar-refractivity contribution >= 4 is 22.4 Å². The van der Waals surface area contributed by atoms with Crippen LogP contribution in [0.2, 0.25) is 0 Å². The number of carbonyl (C=O) groups is 1. The zero-order chi connectivity index (χ0) is 21.1. The average Bonchev–Trinajstić information content (AvgIpc) is 3.36. The molecule has 1 unspecified atom stereocenters. The molecule has 1 aliphatic carbocycles. The van der Waals surface area contributed by atoms with Crippen molar-refractivity contribution in [1.82, 2.24) is 15.8 Å². The van der Waals surface area contributed by atoms with Crippen molar-refractivity contribution in [2.45, 2.75) is 32.2 Å². The summed E-state index contributed by atoms with van der Waals surface area (Å²) in [6.45, 7) is 2.77. The van der Waals surface area contributed by atoms with Crippen LogP contribution in [0.1, 0.15) is 41.6 Å². The van der Waals surface area contributed by atoms with E-state index in [2.05, 4.69) is 40.8 Å². The van der Waals surface area contributed by atoms with E-state index >= 15 is 0 Å². The summed E-state index contributed by atoms with van der Waals surface area (Å²) in [5.74, 6) is 0.361. The highest BCUT2D eigenvalue weighted by atomic mass is 16.5. The number of fused-ring (bicyclic) bond motifs is 2. The number of hydrogen-bond donors (Lipinski definition) is 4. The lowest BCUT2D eigenvalue weighted by Gasteiger charge is -2.14. The molecule has 1 aliphatic rings. The van der Waals surface area contributed by atoms with Gasteiger partial charge in [-0.3, -0.25) is 10.0 Å². The fourth-order valence-electron chi connectivity index (χ4n) is 4.26. The Kier molecular flexibility index (Phi) is 5.88. The monoisotopic (exact) mass is 405 g/mol. The lowest BCUT2D eigenvalue weighted by molar-refractivity contribution is -0.124. The summed E-state index contributed by atoms with van der Waals surface area (Å²) in [7, 11) is 1.69. The van der Waals surface area contributed by atoms with Gasteiger partial charge in [-0.2, -0.15) is 0 Å². The minimum Gasteiger partial charge on any atom is -0.497 e. The van der Waals surface area contributed by atoms with Gasteiger partial charge in [-0.25, -0.2) is 5.48 Å². The molecule has 0 aliphatic heterocycles. The quantitative estimate of drug-likeness (QED) is 0.273. The van der Waals surface area contributed by atoms with Crippen LogP contribution in [0.4, 0.5) is 0 Å². The van der Waals surface area contributed by atoms with Gasteiger partial charge in [0.15, 0.2) is 0 Å². The van der Waals surface area contributed by atoms with E-state index in [-0.39, 0.29) is 0 Å². The maximum atomic E-state index is 11.4. The summed E-state index contributed by atoms with van der Waals surface area (Å²) >= 11 is 0. The molecule has 1 atom stereocenters. The molecule has 0 saturated carbocycles. The number of hydroxylamine groups is 1. The van der Waals surface area contributed by atoms with Gasteiger partial charge in [-0.1, -0.05) is 18.2 Å². The van der Waals surface area contributed by atoms with Gasteiger partial charge in [0, 0.05) is 29.2 Å². The second kappa shape index (κ2) is 8.73. The van der Waals surface area contributed by atoms with Crippen LogP contribution in [0, 0.1) is 0 Å². The van der Waals surface area contributed by atoms with E-state index in [1.807, 2.05) is 19.1 Å². The van der Waals surface area contributed by atoms with Crippen molar-refractivity contribution in [3.63, 3.8) is 0 Å². The molecule has 30 heavy (non-hydrogen) atoms. The van der Waals surface area contributed by atoms with Crippen molar-refractivity contribution in [2.24, 2.45) is 0 Å². The van der Waals surface area contributed by atoms with E-state index < -0.39 is 5.91 Å². The zero-order valence-electron chi connectivity index (χ0n) is 17.3. The van der Waals surface area contributed by atoms with E-state index in [0.717, 1.165) is 48.2 Å². The van der Waals surface area contributed by atoms with E-state index in [0.29, 0.717) is 6.04 Å². The Morgan fingerprint density at radius 2 is 2.17 bits per heavy atom. The highest BCUT2D eigenvalue weighted by molar-refractivity contribution is 5.94. The lowest BCUT2D eigenvalue weighted by Crippen LogP contribution is -2.21. The van der Waals surface area contributed by atoms with Gasteiger partial charge in [0.25, 0.3) is 5.91 Å². The number of methoxy groups -OCH3 is 1. The standard InChI is InChI=1S/C24H27N3O3/c1-15(11-24(28)27-29)16-3-6-20-17(12-16)4-7-22(20)25-10-9-18-14-26-23-8-5-19(30-2)13-21(18)23/h3,5-6,8,11-14,22,25-26,29H,4,7,9-10H2,1-2H3,(H,27,28)/b15-11+. The Balaban J connectivity index is 1.41. The van der Waals surface area contributed by atoms with Gasteiger partial charge in [0.1, 0.15) is 5.75 Å². The zero-order valence-corrected chi connectivity index (χ0v) is 17.3. The van der Waals surface area contributed by atoms with Crippen molar-refractivity contribution in [3.05, 3.63) is 70.9 Å². The summed E-state index contributed by atoms with van der Waals surface area (Å²) in [6.07, 6.45) is 6.51. The van der Waals surface area contributed by atoms with E-state index in [1.54, 1.807) is 12.6 Å². The first-order valence-corrected chi connectivity index (χ1v) is 10.2. The first-order chi connectivity index (χ1) is 14.6. The van der Waals surface area contributed by atoms with Crippen LogP contribution < -0.4 is 15.5 Å². The molecule has 1 aromatic heterocycles. The maximum Gasteiger partial charge on any atom is 0.267 e. The molecule has 6 nitrogen and oxygen atoms in total. The number of amides is 1. The SMILES string of the molecule is COc1ccc2[nH]cc(CCNC3CCc4cc(/C(C)=C/C(=O)NO)ccc43)c2c1. The number of aromatic nitrogens is 1. The minimum atomic E-state index is -0.512. The molecule has 2 aromatic carbocycles. The van der Waals surface area contributed by atoms with E-state index in [4.69, 9.17) is 9.94 Å². The summed E-state index contributed by atoms with van der Waals surface area (Å²) in [4.78, 5) is 14.7. The summed E-state index contributed by atoms with van der Waals surface area (Å²) < 4.78 is 5.36. The molecule has 4 rings (SSSR count). The van der Waals surface area contributed by atoms with Gasteiger partial charge >= 0.3 is 0 Å². The van der Waals surface area contributed by atoms with Crippen LogP contribution in [0.25, 0.3) is 16.5 Å². The predicted molar refractivity (Wildman–Crippen MR) is 118 cm³/mol. The van der Waals surface area contributed by atoms with Gasteiger partial charge in [-0.15, -0.1) is 0 Å². The molecule has 1 amide bonds. The number of H-pyrrole nitrogens is 1. The molecular weight excluding hydrogens is 378 g/mol. The second-order valence-electron chi connectivity index (χ2n) is 7.74. The number of carbonyl (C=O) groups excluding carboxylic acids is 1. The fraction of sp³-hybridized carbons (Fsp3) is 0.292. The van der Waals surface area contributed by atoms with Gasteiger partial charge in [0.2, 0.25) is 0 Å². The molecule has 0 saturated heterocycles. The highest BCUT2D eigenvalue weighted by Crippen LogP contribution is 2.33. The van der Waals surface area contributed by atoms with Crippen molar-refractivity contribution in [2.75, 3.05) is 13.7 Å². The molecule has 6 heteroatoms. The number of hydrogen-bond acceptors (Lipinski definition) is 4. The molecular formula is C24H27N3O3. The number of aryl methyl sites for hydroxylation is 1. The molecule has 0 spiro atoms. The van der Waals surface area contributed by atoms with Crippen LogP contribution in [0.5, 0.6) is 5.75 Å². The number of nitrogens with one attached hydrogen (secondary N) is 3. The lowest BCUT2D eigenvalue weighted by atomic mass is 10.00. The Labute approximate surface area is 175 Å². The van der Waals surface area contributed by atoms with E-state index in [1.165, 1.54) is 28.2 Å². The highest BCUT2D eigenvalue weighted by Gasteiger charge is 2.22. The van der Waals surface area contributed by atoms with Crippen LogP contribution >= 0.6 is 0 Å². The second-order valence-corrected chi connectivity index (χ2v) is 7.74. The molecule has 0 fully saturated rings. The van der Waals surface area contributed by atoms with Gasteiger partial charge in [0.05, 0.1) is 7.11 Å². The van der Waals surface area contributed by atoms with Crippen molar-refractivity contribution < 1.29 is 14.7 Å². The summed E-state index contributed by atoms with van der Waals surface area (Å²) in [5.41, 5.74) is 8.54. The minimum absolute atomic E-state index is 0.346. The van der Waals surface area contributed by atoms with E-state index in [9.17, 15) is 4.79 Å². The Bertz CT molecular complexity index is 1100. The molecule has 0 bridgehead atoms. The third-order valence-corrected chi connectivity index (χ3v) is 5.89. The molecule has 156 valence electrons. The fourth-order valence-corrected chi connectivity index (χ4v) is 4.26. The number of aromatic amines is 1. The molecule has 4 N–H and O–H groups in total. The van der Waals surface area contributed by atoms with Gasteiger partial charge < -0.3 is 15.0 Å². The first-order valence-electron chi connectivity index (χ1n) is 10.2. The number of allylic oxidation sites excluding steroid dienone is 1. The number of rotatable bonds is 7. The summed E-state index contributed by atoms with van der Waals surface area (Å²) in [6, 6.07) is 12.8. The Morgan fingerprint density at radius 3 is 2.97 bits per heavy atom. The third kappa shape index (κ3) is 4.10. The maximum absolute atomic E-state index is 11.4. The first kappa shape index (κ1) is 20.2. The topological polar surface area (TPSA) is 86.4 Å². The largest absolute Gasteiger partial charge is 0.497 e. The normalized spacial score (nSPS) is 16.0. The average molecular weight is 405 g/mol. The molecule has 1 heterocycles. The van der Waals surface area contributed by atoms with Crippen molar-refractivity contribution in [3.8, 4) is 5.75 Å². The Hall–Kier alpha value is -3.09. The van der Waals surface area contributed by atoms with Crippen molar-refractivity contribution in [1.29, 1.82) is 0 Å². The number of benzene rings is 2. The van der Waals surface area contributed by atoms with Crippen LogP contribution in [0.3, 0.4) is 0 Å². The van der Waals surface area contributed by atoms with Crippen LogP contribution in [-0.4, -0.2) is 29.8 Å².